The van der Waals surface area contributed by atoms with E-state index in [4.69, 9.17) is 16.3 Å². The Labute approximate surface area is 146 Å². The highest BCUT2D eigenvalue weighted by molar-refractivity contribution is 6.34. The number of amides is 1. The van der Waals surface area contributed by atoms with Gasteiger partial charge in [0, 0.05) is 25.2 Å². The first-order valence-corrected chi connectivity index (χ1v) is 8.61. The Kier molecular flexibility index (Phi) is 4.17. The number of nitrogens with zero attached hydrogens (tertiary/aromatic N) is 1. The number of fused-ring (bicyclic) bond motifs is 2. The molecule has 0 aromatic heterocycles. The Morgan fingerprint density at radius 1 is 1.17 bits per heavy atom. The van der Waals surface area contributed by atoms with Gasteiger partial charge in [-0.25, -0.2) is 0 Å². The number of carbonyl (C=O) groups excluding carboxylic acids is 1. The highest BCUT2D eigenvalue weighted by atomic mass is 35.5. The summed E-state index contributed by atoms with van der Waals surface area (Å²) in [6, 6.07) is 12.2. The molecule has 0 atom stereocenters. The lowest BCUT2D eigenvalue weighted by Crippen LogP contribution is -2.33. The quantitative estimate of drug-likeness (QED) is 0.927. The van der Waals surface area contributed by atoms with Crippen molar-refractivity contribution in [2.24, 2.45) is 0 Å². The summed E-state index contributed by atoms with van der Waals surface area (Å²) in [5.74, 6) is 0.723. The molecule has 0 fully saturated rings. The summed E-state index contributed by atoms with van der Waals surface area (Å²) in [7, 11) is 0. The van der Waals surface area contributed by atoms with Crippen molar-refractivity contribution in [1.29, 1.82) is 0 Å². The zero-order valence-corrected chi connectivity index (χ0v) is 14.1. The molecule has 4 rings (SSSR count). The molecular formula is C19H19ClN2O2. The fourth-order valence-corrected chi connectivity index (χ4v) is 3.64. The molecule has 124 valence electrons. The molecule has 0 saturated heterocycles. The van der Waals surface area contributed by atoms with E-state index in [0.717, 1.165) is 37.4 Å². The van der Waals surface area contributed by atoms with E-state index in [1.165, 1.54) is 11.1 Å². The van der Waals surface area contributed by atoms with Crippen LogP contribution in [0.2, 0.25) is 5.02 Å². The number of carbonyl (C=O) groups is 1. The van der Waals surface area contributed by atoms with E-state index in [0.29, 0.717) is 23.7 Å². The average molecular weight is 343 g/mol. The summed E-state index contributed by atoms with van der Waals surface area (Å²) in [6.07, 6.45) is 1.42. The maximum absolute atomic E-state index is 11.6. The normalized spacial score (nSPS) is 16.5. The number of halogens is 1. The molecule has 24 heavy (non-hydrogen) atoms. The lowest BCUT2D eigenvalue weighted by atomic mass is 10.0. The number of anilines is 1. The van der Waals surface area contributed by atoms with Crippen molar-refractivity contribution in [3.8, 4) is 5.75 Å². The van der Waals surface area contributed by atoms with Gasteiger partial charge in [0.15, 0.2) is 0 Å². The summed E-state index contributed by atoms with van der Waals surface area (Å²) < 4.78 is 5.95. The maximum Gasteiger partial charge on any atom is 0.229 e. The molecule has 0 radical (unpaired) electrons. The van der Waals surface area contributed by atoms with Crippen LogP contribution in [0.5, 0.6) is 5.75 Å². The van der Waals surface area contributed by atoms with E-state index in [9.17, 15) is 4.79 Å². The van der Waals surface area contributed by atoms with Crippen molar-refractivity contribution < 1.29 is 9.53 Å². The SMILES string of the molecule is O=C1Cc2c(OCCN3CCc4ccccc4C3)ccc(Cl)c2N1. The van der Waals surface area contributed by atoms with E-state index in [2.05, 4.69) is 34.5 Å². The minimum Gasteiger partial charge on any atom is -0.492 e. The topological polar surface area (TPSA) is 41.6 Å². The summed E-state index contributed by atoms with van der Waals surface area (Å²) in [6.45, 7) is 3.50. The monoisotopic (exact) mass is 342 g/mol. The molecule has 1 amide bonds. The Balaban J connectivity index is 1.38. The molecule has 0 unspecified atom stereocenters. The largest absolute Gasteiger partial charge is 0.492 e. The smallest absolute Gasteiger partial charge is 0.229 e. The van der Waals surface area contributed by atoms with Gasteiger partial charge in [-0.05, 0) is 29.7 Å². The minimum absolute atomic E-state index is 0.0319. The van der Waals surface area contributed by atoms with E-state index >= 15 is 0 Å². The van der Waals surface area contributed by atoms with E-state index < -0.39 is 0 Å². The van der Waals surface area contributed by atoms with Crippen LogP contribution in [-0.2, 0) is 24.2 Å². The molecular weight excluding hydrogens is 324 g/mol. The Bertz CT molecular complexity index is 791. The molecule has 2 aromatic rings. The Morgan fingerprint density at radius 3 is 2.88 bits per heavy atom. The lowest BCUT2D eigenvalue weighted by molar-refractivity contribution is -0.115. The van der Waals surface area contributed by atoms with Crippen molar-refractivity contribution in [3.63, 3.8) is 0 Å². The number of hydrogen-bond donors (Lipinski definition) is 1. The molecule has 0 bridgehead atoms. The zero-order valence-electron chi connectivity index (χ0n) is 13.3. The van der Waals surface area contributed by atoms with Gasteiger partial charge in [-0.2, -0.15) is 0 Å². The van der Waals surface area contributed by atoms with Crippen molar-refractivity contribution in [3.05, 3.63) is 58.1 Å². The fraction of sp³-hybridized carbons (Fsp3) is 0.316. The fourth-order valence-electron chi connectivity index (χ4n) is 3.42. The van der Waals surface area contributed by atoms with Crippen LogP contribution >= 0.6 is 11.6 Å². The lowest BCUT2D eigenvalue weighted by Gasteiger charge is -2.28. The second kappa shape index (κ2) is 6.46. The van der Waals surface area contributed by atoms with Crippen LogP contribution in [0.1, 0.15) is 16.7 Å². The number of nitrogens with one attached hydrogen (secondary N) is 1. The molecule has 4 nitrogen and oxygen atoms in total. The Hall–Kier alpha value is -2.04. The molecule has 1 N–H and O–H groups in total. The highest BCUT2D eigenvalue weighted by Crippen LogP contribution is 2.37. The van der Waals surface area contributed by atoms with Gasteiger partial charge in [0.05, 0.1) is 17.1 Å². The summed E-state index contributed by atoms with van der Waals surface area (Å²) in [5, 5.41) is 3.36. The average Bonchev–Trinajstić information content (AvgIpc) is 2.99. The van der Waals surface area contributed by atoms with E-state index in [1.807, 2.05) is 6.07 Å². The van der Waals surface area contributed by atoms with Gasteiger partial charge in [0.25, 0.3) is 0 Å². The van der Waals surface area contributed by atoms with Crippen LogP contribution < -0.4 is 10.1 Å². The number of rotatable bonds is 4. The predicted octanol–water partition coefficient (Wildman–Crippen LogP) is 3.27. The van der Waals surface area contributed by atoms with Crippen molar-refractivity contribution in [2.75, 3.05) is 25.0 Å². The molecule has 0 spiro atoms. The molecule has 5 heteroatoms. The van der Waals surface area contributed by atoms with Gasteiger partial charge < -0.3 is 10.1 Å². The van der Waals surface area contributed by atoms with Crippen molar-refractivity contribution in [1.82, 2.24) is 4.90 Å². The minimum atomic E-state index is -0.0319. The molecule has 2 aliphatic heterocycles. The second-order valence-corrected chi connectivity index (χ2v) is 6.67. The number of benzene rings is 2. The summed E-state index contributed by atoms with van der Waals surface area (Å²) in [5.41, 5.74) is 4.43. The molecule has 0 saturated carbocycles. The van der Waals surface area contributed by atoms with Gasteiger partial charge in [-0.3, -0.25) is 9.69 Å². The van der Waals surface area contributed by atoms with Gasteiger partial charge in [-0.1, -0.05) is 35.9 Å². The van der Waals surface area contributed by atoms with Gasteiger partial charge in [0.2, 0.25) is 5.91 Å². The van der Waals surface area contributed by atoms with Crippen LogP contribution in [0.25, 0.3) is 0 Å². The van der Waals surface area contributed by atoms with Crippen LogP contribution in [-0.4, -0.2) is 30.5 Å². The van der Waals surface area contributed by atoms with Crippen LogP contribution in [0.15, 0.2) is 36.4 Å². The standard InChI is InChI=1S/C19H19ClN2O2/c20-16-5-6-17(15-11-18(23)21-19(15)16)24-10-9-22-8-7-13-3-1-2-4-14(13)12-22/h1-6H,7-12H2,(H,21,23). The van der Waals surface area contributed by atoms with Crippen LogP contribution in [0.3, 0.4) is 0 Å². The highest BCUT2D eigenvalue weighted by Gasteiger charge is 2.24. The molecule has 2 aliphatic rings. The van der Waals surface area contributed by atoms with Crippen molar-refractivity contribution >= 4 is 23.2 Å². The molecule has 2 aromatic carbocycles. The predicted molar refractivity (Wildman–Crippen MR) is 94.7 cm³/mol. The molecule has 0 aliphatic carbocycles. The van der Waals surface area contributed by atoms with Crippen LogP contribution in [0, 0.1) is 0 Å². The third kappa shape index (κ3) is 2.99. The first kappa shape index (κ1) is 15.5. The van der Waals surface area contributed by atoms with Gasteiger partial charge in [0.1, 0.15) is 12.4 Å². The first-order valence-electron chi connectivity index (χ1n) is 8.24. The summed E-state index contributed by atoms with van der Waals surface area (Å²) in [4.78, 5) is 14.0. The van der Waals surface area contributed by atoms with Gasteiger partial charge >= 0.3 is 0 Å². The maximum atomic E-state index is 11.6. The zero-order chi connectivity index (χ0) is 16.5. The Morgan fingerprint density at radius 2 is 2.00 bits per heavy atom. The third-order valence-electron chi connectivity index (χ3n) is 4.70. The number of ether oxygens (including phenoxy) is 1. The van der Waals surface area contributed by atoms with E-state index in [1.54, 1.807) is 6.07 Å². The second-order valence-electron chi connectivity index (χ2n) is 6.27. The van der Waals surface area contributed by atoms with E-state index in [-0.39, 0.29) is 5.91 Å². The number of hydrogen-bond acceptors (Lipinski definition) is 3. The van der Waals surface area contributed by atoms with Gasteiger partial charge in [-0.15, -0.1) is 0 Å². The third-order valence-corrected chi connectivity index (χ3v) is 5.01. The summed E-state index contributed by atoms with van der Waals surface area (Å²) >= 11 is 6.13. The van der Waals surface area contributed by atoms with Crippen molar-refractivity contribution in [2.45, 2.75) is 19.4 Å². The van der Waals surface area contributed by atoms with Crippen LogP contribution in [0.4, 0.5) is 5.69 Å². The molecule has 2 heterocycles. The first-order chi connectivity index (χ1) is 11.7.